The Balaban J connectivity index is 1.61. The van der Waals surface area contributed by atoms with E-state index >= 15 is 0 Å². The number of methoxy groups -OCH3 is 2. The van der Waals surface area contributed by atoms with Gasteiger partial charge >= 0.3 is 5.97 Å². The van der Waals surface area contributed by atoms with Crippen LogP contribution in [0.15, 0.2) is 0 Å². The van der Waals surface area contributed by atoms with E-state index in [1.807, 2.05) is 0 Å². The van der Waals surface area contributed by atoms with Gasteiger partial charge in [0.1, 0.15) is 11.9 Å². The molecule has 4 fully saturated rings. The molecular formula is C23H36O5. The highest BCUT2D eigenvalue weighted by Crippen LogP contribution is 2.66. The molecule has 28 heavy (non-hydrogen) atoms. The summed E-state index contributed by atoms with van der Waals surface area (Å²) in [6, 6.07) is 0. The molecule has 0 amide bonds. The van der Waals surface area contributed by atoms with Crippen LogP contribution >= 0.6 is 0 Å². The molecule has 0 N–H and O–H groups in total. The lowest BCUT2D eigenvalue weighted by Crippen LogP contribution is -2.59. The lowest BCUT2D eigenvalue weighted by atomic mass is 9.44. The molecule has 0 aromatic heterocycles. The lowest BCUT2D eigenvalue weighted by Gasteiger charge is -2.61. The highest BCUT2D eigenvalue weighted by molar-refractivity contribution is 5.83. The number of fused-ring (bicyclic) bond motifs is 5. The standard InChI is InChI=1S/C23H36O5/c1-14(24)28-20-7-6-16-15-12-19(25)18-13-23(26-4,27-5)11-10-21(18,2)17(15)8-9-22(16,20)3/h15-18,20H,6-13H2,1-5H3/t15-,16-,17-,18+,20-,21+,22-/m0/s1. The molecule has 4 rings (SSSR count). The van der Waals surface area contributed by atoms with Crippen LogP contribution in [-0.2, 0) is 23.8 Å². The number of Topliss-reactive ketones (excluding diaryl/α,β-unsaturated/α-hetero) is 1. The van der Waals surface area contributed by atoms with Crippen LogP contribution in [0.5, 0.6) is 0 Å². The topological polar surface area (TPSA) is 61.8 Å². The molecule has 4 saturated carbocycles. The quantitative estimate of drug-likeness (QED) is 0.534. The Labute approximate surface area is 168 Å². The normalized spacial score (nSPS) is 47.0. The fraction of sp³-hybridized carbons (Fsp3) is 0.913. The Kier molecular flexibility index (Phi) is 4.94. The molecule has 0 bridgehead atoms. The average molecular weight is 393 g/mol. The van der Waals surface area contributed by atoms with E-state index < -0.39 is 5.79 Å². The number of rotatable bonds is 3. The predicted molar refractivity (Wildman–Crippen MR) is 104 cm³/mol. The van der Waals surface area contributed by atoms with E-state index in [4.69, 9.17) is 14.2 Å². The second kappa shape index (κ2) is 6.80. The number of ether oxygens (including phenoxy) is 3. The predicted octanol–water partition coefficient (Wildman–Crippen LogP) is 4.13. The SMILES string of the molecule is COC1(OC)CC[C@@]2(C)[C@H](C1)C(=O)C[C@@H]1[C@@H]2CC[C@]2(C)[C@@H](OC(C)=O)CC[C@@H]12. The molecule has 158 valence electrons. The van der Waals surface area contributed by atoms with Crippen molar-refractivity contribution in [1.82, 2.24) is 0 Å². The molecule has 0 spiro atoms. The summed E-state index contributed by atoms with van der Waals surface area (Å²) < 4.78 is 17.2. The van der Waals surface area contributed by atoms with Crippen LogP contribution in [0.1, 0.15) is 72.1 Å². The Morgan fingerprint density at radius 2 is 1.64 bits per heavy atom. The number of carbonyl (C=O) groups is 2. The third-order valence-electron chi connectivity index (χ3n) is 9.43. The average Bonchev–Trinajstić information content (AvgIpc) is 2.98. The van der Waals surface area contributed by atoms with E-state index in [0.29, 0.717) is 36.4 Å². The number of carbonyl (C=O) groups excluding carboxylic acids is 2. The van der Waals surface area contributed by atoms with Gasteiger partial charge in [0.25, 0.3) is 0 Å². The summed E-state index contributed by atoms with van der Waals surface area (Å²) in [5.41, 5.74) is 0.0508. The fourth-order valence-corrected chi connectivity index (χ4v) is 7.77. The molecule has 4 aliphatic carbocycles. The van der Waals surface area contributed by atoms with Gasteiger partial charge in [-0.15, -0.1) is 0 Å². The molecule has 0 saturated heterocycles. The van der Waals surface area contributed by atoms with E-state index in [1.165, 1.54) is 6.92 Å². The highest BCUT2D eigenvalue weighted by Gasteiger charge is 2.64. The molecule has 0 aliphatic heterocycles. The van der Waals surface area contributed by atoms with Crippen LogP contribution in [0, 0.1) is 34.5 Å². The summed E-state index contributed by atoms with van der Waals surface area (Å²) in [6.07, 6.45) is 7.41. The van der Waals surface area contributed by atoms with Crippen molar-refractivity contribution in [1.29, 1.82) is 0 Å². The van der Waals surface area contributed by atoms with E-state index in [2.05, 4.69) is 13.8 Å². The summed E-state index contributed by atoms with van der Waals surface area (Å²) in [5, 5.41) is 0. The van der Waals surface area contributed by atoms with E-state index in [1.54, 1.807) is 14.2 Å². The molecule has 0 aromatic carbocycles. The summed E-state index contributed by atoms with van der Waals surface area (Å²) in [4.78, 5) is 25.0. The van der Waals surface area contributed by atoms with Gasteiger partial charge < -0.3 is 14.2 Å². The molecule has 5 heteroatoms. The van der Waals surface area contributed by atoms with Gasteiger partial charge in [0.2, 0.25) is 0 Å². The maximum absolute atomic E-state index is 13.4. The zero-order valence-electron chi connectivity index (χ0n) is 18.1. The van der Waals surface area contributed by atoms with Crippen LogP contribution in [0.3, 0.4) is 0 Å². The highest BCUT2D eigenvalue weighted by atomic mass is 16.7. The van der Waals surface area contributed by atoms with Crippen molar-refractivity contribution in [2.75, 3.05) is 14.2 Å². The monoisotopic (exact) mass is 392 g/mol. The molecule has 4 aliphatic rings. The second-order valence-corrected chi connectivity index (χ2v) is 10.3. The number of hydrogen-bond acceptors (Lipinski definition) is 5. The molecule has 0 heterocycles. The summed E-state index contributed by atoms with van der Waals surface area (Å²) in [6.45, 7) is 6.16. The van der Waals surface area contributed by atoms with E-state index in [0.717, 1.165) is 38.5 Å². The van der Waals surface area contributed by atoms with Gasteiger partial charge in [-0.3, -0.25) is 9.59 Å². The zero-order chi connectivity index (χ0) is 20.3. The molecule has 0 radical (unpaired) electrons. The third-order valence-corrected chi connectivity index (χ3v) is 9.43. The zero-order valence-corrected chi connectivity index (χ0v) is 18.1. The van der Waals surface area contributed by atoms with Crippen molar-refractivity contribution < 1.29 is 23.8 Å². The third kappa shape index (κ3) is 2.79. The van der Waals surface area contributed by atoms with E-state index in [-0.39, 0.29) is 28.8 Å². The Hall–Kier alpha value is -0.940. The van der Waals surface area contributed by atoms with Crippen molar-refractivity contribution >= 4 is 11.8 Å². The number of esters is 1. The molecular weight excluding hydrogens is 356 g/mol. The van der Waals surface area contributed by atoms with Crippen LogP contribution in [-0.4, -0.2) is 37.9 Å². The van der Waals surface area contributed by atoms with Gasteiger partial charge in [-0.25, -0.2) is 0 Å². The summed E-state index contributed by atoms with van der Waals surface area (Å²) >= 11 is 0. The maximum Gasteiger partial charge on any atom is 0.302 e. The van der Waals surface area contributed by atoms with Crippen molar-refractivity contribution in [3.8, 4) is 0 Å². The van der Waals surface area contributed by atoms with E-state index in [9.17, 15) is 9.59 Å². The van der Waals surface area contributed by atoms with Crippen molar-refractivity contribution in [3.05, 3.63) is 0 Å². The molecule has 5 nitrogen and oxygen atoms in total. The minimum atomic E-state index is -0.608. The fourth-order valence-electron chi connectivity index (χ4n) is 7.77. The number of ketones is 1. The second-order valence-electron chi connectivity index (χ2n) is 10.3. The molecule has 0 aromatic rings. The van der Waals surface area contributed by atoms with Crippen LogP contribution in [0.25, 0.3) is 0 Å². The van der Waals surface area contributed by atoms with Gasteiger partial charge in [-0.05, 0) is 55.3 Å². The van der Waals surface area contributed by atoms with Crippen molar-refractivity contribution in [2.45, 2.75) is 84.0 Å². The minimum absolute atomic E-state index is 0.0116. The Bertz CT molecular complexity index is 655. The van der Waals surface area contributed by atoms with Crippen molar-refractivity contribution in [3.63, 3.8) is 0 Å². The van der Waals surface area contributed by atoms with Crippen LogP contribution < -0.4 is 0 Å². The van der Waals surface area contributed by atoms with Crippen molar-refractivity contribution in [2.24, 2.45) is 34.5 Å². The summed E-state index contributed by atoms with van der Waals surface area (Å²) in [7, 11) is 3.39. The Morgan fingerprint density at radius 3 is 2.29 bits per heavy atom. The summed E-state index contributed by atoms with van der Waals surface area (Å²) in [5.74, 6) is 1.10. The first kappa shape index (κ1) is 20.3. The van der Waals surface area contributed by atoms with Gasteiger partial charge in [-0.2, -0.15) is 0 Å². The minimum Gasteiger partial charge on any atom is -0.462 e. The van der Waals surface area contributed by atoms with Gasteiger partial charge in [-0.1, -0.05) is 13.8 Å². The lowest BCUT2D eigenvalue weighted by molar-refractivity contribution is -0.257. The van der Waals surface area contributed by atoms with Gasteiger partial charge in [0.15, 0.2) is 5.79 Å². The Morgan fingerprint density at radius 1 is 0.964 bits per heavy atom. The smallest absolute Gasteiger partial charge is 0.302 e. The van der Waals surface area contributed by atoms with Crippen LogP contribution in [0.4, 0.5) is 0 Å². The number of hydrogen-bond donors (Lipinski definition) is 0. The molecule has 0 unspecified atom stereocenters. The largest absolute Gasteiger partial charge is 0.462 e. The molecule has 7 atom stereocenters. The van der Waals surface area contributed by atoms with Gasteiger partial charge in [0.05, 0.1) is 0 Å². The first-order valence-electron chi connectivity index (χ1n) is 11.0. The first-order valence-corrected chi connectivity index (χ1v) is 11.0. The first-order chi connectivity index (χ1) is 13.2. The van der Waals surface area contributed by atoms with Crippen LogP contribution in [0.2, 0.25) is 0 Å². The maximum atomic E-state index is 13.4. The van der Waals surface area contributed by atoms with Gasteiger partial charge in [0, 0.05) is 51.7 Å².